The van der Waals surface area contributed by atoms with Gasteiger partial charge in [0.2, 0.25) is 5.89 Å². The van der Waals surface area contributed by atoms with Gasteiger partial charge in [-0.25, -0.2) is 4.98 Å². The van der Waals surface area contributed by atoms with Crippen molar-refractivity contribution in [3.63, 3.8) is 0 Å². The van der Waals surface area contributed by atoms with Gasteiger partial charge in [0, 0.05) is 11.6 Å². The first kappa shape index (κ1) is 13.0. The minimum Gasteiger partial charge on any atom is -0.399 e. The van der Waals surface area contributed by atoms with Crippen molar-refractivity contribution in [1.29, 1.82) is 0 Å². The van der Waals surface area contributed by atoms with Crippen LogP contribution in [0.4, 0.5) is 5.69 Å². The minimum absolute atomic E-state index is 0.270. The predicted molar refractivity (Wildman–Crippen MR) is 78.5 cm³/mol. The molecule has 2 aromatic heterocycles. The van der Waals surface area contributed by atoms with Crippen LogP contribution in [0.3, 0.4) is 0 Å². The molecule has 0 aliphatic rings. The van der Waals surface area contributed by atoms with Crippen LogP contribution in [0.15, 0.2) is 27.9 Å². The number of nitrogens with one attached hydrogen (secondary N) is 1. The van der Waals surface area contributed by atoms with Crippen LogP contribution >= 0.6 is 11.8 Å². The fourth-order valence-electron chi connectivity index (χ4n) is 1.76. The standard InChI is InChI=1S/C13H15N5OS/c1-7(2)12-17-11(19-18-12)6-20-13-15-9-4-3-8(14)5-10(9)16-13/h3-5,7H,6,14H2,1-2H3,(H,15,16). The molecule has 0 bridgehead atoms. The van der Waals surface area contributed by atoms with Crippen molar-refractivity contribution in [2.75, 3.05) is 5.73 Å². The summed E-state index contributed by atoms with van der Waals surface area (Å²) in [6, 6.07) is 5.61. The van der Waals surface area contributed by atoms with Crippen LogP contribution in [0.25, 0.3) is 11.0 Å². The monoisotopic (exact) mass is 289 g/mol. The first-order valence-electron chi connectivity index (χ1n) is 6.32. The van der Waals surface area contributed by atoms with Crippen molar-refractivity contribution in [3.05, 3.63) is 29.9 Å². The molecule has 7 heteroatoms. The van der Waals surface area contributed by atoms with Crippen LogP contribution in [-0.2, 0) is 5.75 Å². The van der Waals surface area contributed by atoms with Crippen molar-refractivity contribution in [3.8, 4) is 0 Å². The van der Waals surface area contributed by atoms with Gasteiger partial charge in [-0.05, 0) is 18.2 Å². The number of H-pyrrole nitrogens is 1. The number of nitrogens with two attached hydrogens (primary N) is 1. The van der Waals surface area contributed by atoms with E-state index < -0.39 is 0 Å². The average Bonchev–Trinajstić information content (AvgIpc) is 3.01. The third-order valence-corrected chi connectivity index (χ3v) is 3.67. The lowest BCUT2D eigenvalue weighted by Crippen LogP contribution is -1.90. The first-order chi connectivity index (χ1) is 9.61. The second kappa shape index (κ2) is 5.16. The molecule has 0 atom stereocenters. The number of nitrogen functional groups attached to an aromatic ring is 1. The molecule has 0 saturated heterocycles. The summed E-state index contributed by atoms with van der Waals surface area (Å²) in [5.74, 6) is 2.21. The van der Waals surface area contributed by atoms with Crippen LogP contribution < -0.4 is 5.73 Å². The second-order valence-corrected chi connectivity index (χ2v) is 5.77. The van der Waals surface area contributed by atoms with E-state index >= 15 is 0 Å². The van der Waals surface area contributed by atoms with E-state index in [0.29, 0.717) is 11.6 Å². The smallest absolute Gasteiger partial charge is 0.237 e. The molecule has 0 spiro atoms. The minimum atomic E-state index is 0.270. The van der Waals surface area contributed by atoms with Gasteiger partial charge in [-0.1, -0.05) is 30.8 Å². The van der Waals surface area contributed by atoms with Gasteiger partial charge in [-0.15, -0.1) is 0 Å². The number of fused-ring (bicyclic) bond motifs is 1. The van der Waals surface area contributed by atoms with Crippen molar-refractivity contribution in [2.45, 2.75) is 30.7 Å². The number of benzene rings is 1. The van der Waals surface area contributed by atoms with E-state index in [9.17, 15) is 0 Å². The van der Waals surface area contributed by atoms with Crippen molar-refractivity contribution in [1.82, 2.24) is 20.1 Å². The molecular formula is C13H15N5OS. The highest BCUT2D eigenvalue weighted by Crippen LogP contribution is 2.24. The quantitative estimate of drug-likeness (QED) is 0.566. The normalized spacial score (nSPS) is 11.6. The Morgan fingerprint density at radius 3 is 2.95 bits per heavy atom. The number of nitrogens with zero attached hydrogens (tertiary/aromatic N) is 3. The lowest BCUT2D eigenvalue weighted by atomic mass is 10.2. The molecule has 6 nitrogen and oxygen atoms in total. The Bertz CT molecular complexity index is 733. The third-order valence-electron chi connectivity index (χ3n) is 2.82. The van der Waals surface area contributed by atoms with E-state index in [2.05, 4.69) is 20.1 Å². The Kier molecular flexibility index (Phi) is 3.35. The van der Waals surface area contributed by atoms with Gasteiger partial charge in [0.15, 0.2) is 11.0 Å². The summed E-state index contributed by atoms with van der Waals surface area (Å²) in [5, 5.41) is 4.75. The van der Waals surface area contributed by atoms with E-state index in [1.807, 2.05) is 32.0 Å². The highest BCUT2D eigenvalue weighted by molar-refractivity contribution is 7.98. The highest BCUT2D eigenvalue weighted by atomic mass is 32.2. The fraction of sp³-hybridized carbons (Fsp3) is 0.308. The van der Waals surface area contributed by atoms with Gasteiger partial charge in [-0.3, -0.25) is 0 Å². The summed E-state index contributed by atoms with van der Waals surface area (Å²) in [6.07, 6.45) is 0. The molecule has 0 unspecified atom stereocenters. The van der Waals surface area contributed by atoms with E-state index in [-0.39, 0.29) is 5.92 Å². The molecule has 0 amide bonds. The Labute approximate surface area is 120 Å². The van der Waals surface area contributed by atoms with Gasteiger partial charge in [0.1, 0.15) is 0 Å². The van der Waals surface area contributed by atoms with Gasteiger partial charge >= 0.3 is 0 Å². The maximum absolute atomic E-state index is 5.74. The number of hydrogen-bond acceptors (Lipinski definition) is 6. The molecule has 2 heterocycles. The Morgan fingerprint density at radius 1 is 1.35 bits per heavy atom. The summed E-state index contributed by atoms with van der Waals surface area (Å²) in [7, 11) is 0. The van der Waals surface area contributed by atoms with Gasteiger partial charge in [-0.2, -0.15) is 4.98 Å². The lowest BCUT2D eigenvalue weighted by Gasteiger charge is -1.93. The molecule has 3 aromatic rings. The number of aromatic amines is 1. The zero-order valence-electron chi connectivity index (χ0n) is 11.3. The molecule has 104 valence electrons. The maximum Gasteiger partial charge on any atom is 0.237 e. The summed E-state index contributed by atoms with van der Waals surface area (Å²) >= 11 is 1.53. The van der Waals surface area contributed by atoms with E-state index in [1.165, 1.54) is 11.8 Å². The van der Waals surface area contributed by atoms with Crippen LogP contribution in [0, 0.1) is 0 Å². The van der Waals surface area contributed by atoms with Crippen molar-refractivity contribution >= 4 is 28.5 Å². The van der Waals surface area contributed by atoms with Crippen LogP contribution in [0.1, 0.15) is 31.5 Å². The maximum atomic E-state index is 5.74. The predicted octanol–water partition coefficient (Wildman–Crippen LogP) is 2.94. The number of rotatable bonds is 4. The third kappa shape index (κ3) is 2.62. The summed E-state index contributed by atoms with van der Waals surface area (Å²) in [6.45, 7) is 4.07. The van der Waals surface area contributed by atoms with Gasteiger partial charge in [0.25, 0.3) is 0 Å². The Hall–Kier alpha value is -2.02. The largest absolute Gasteiger partial charge is 0.399 e. The van der Waals surface area contributed by atoms with E-state index in [1.54, 1.807) is 0 Å². The van der Waals surface area contributed by atoms with Gasteiger partial charge in [0.05, 0.1) is 16.8 Å². The second-order valence-electron chi connectivity index (χ2n) is 4.81. The molecule has 0 radical (unpaired) electrons. The Balaban J connectivity index is 1.72. The fourth-order valence-corrected chi connectivity index (χ4v) is 2.49. The molecular weight excluding hydrogens is 274 g/mol. The van der Waals surface area contributed by atoms with Crippen molar-refractivity contribution in [2.24, 2.45) is 0 Å². The van der Waals surface area contributed by atoms with Crippen LogP contribution in [-0.4, -0.2) is 20.1 Å². The lowest BCUT2D eigenvalue weighted by molar-refractivity contribution is 0.383. The van der Waals surface area contributed by atoms with E-state index in [4.69, 9.17) is 10.3 Å². The summed E-state index contributed by atoms with van der Waals surface area (Å²) in [5.41, 5.74) is 8.29. The first-order valence-corrected chi connectivity index (χ1v) is 7.31. The Morgan fingerprint density at radius 2 is 2.20 bits per heavy atom. The molecule has 0 fully saturated rings. The highest BCUT2D eigenvalue weighted by Gasteiger charge is 2.11. The topological polar surface area (TPSA) is 93.6 Å². The molecule has 0 aliphatic carbocycles. The number of anilines is 1. The number of thioether (sulfide) groups is 1. The molecule has 1 aromatic carbocycles. The molecule has 3 rings (SSSR count). The molecule has 0 saturated carbocycles. The zero-order valence-corrected chi connectivity index (χ0v) is 12.1. The number of hydrogen-bond donors (Lipinski definition) is 2. The van der Waals surface area contributed by atoms with Crippen LogP contribution in [0.2, 0.25) is 0 Å². The van der Waals surface area contributed by atoms with Gasteiger partial charge < -0.3 is 15.2 Å². The SMILES string of the molecule is CC(C)c1noc(CSc2nc3ccc(N)cc3[nH]2)n1. The average molecular weight is 289 g/mol. The molecule has 0 aliphatic heterocycles. The summed E-state index contributed by atoms with van der Waals surface area (Å²) in [4.78, 5) is 12.0. The number of aromatic nitrogens is 4. The van der Waals surface area contributed by atoms with Crippen LogP contribution in [0.5, 0.6) is 0 Å². The zero-order chi connectivity index (χ0) is 14.1. The number of imidazole rings is 1. The van der Waals surface area contributed by atoms with E-state index in [0.717, 1.165) is 27.7 Å². The molecule has 20 heavy (non-hydrogen) atoms. The van der Waals surface area contributed by atoms with Crippen molar-refractivity contribution < 1.29 is 4.52 Å². The molecule has 3 N–H and O–H groups in total. The summed E-state index contributed by atoms with van der Waals surface area (Å²) < 4.78 is 5.20.